The Morgan fingerprint density at radius 3 is 2.60 bits per heavy atom. The molecule has 140 valence electrons. The van der Waals surface area contributed by atoms with Crippen molar-refractivity contribution in [2.45, 2.75) is 26.2 Å². The maximum Gasteiger partial charge on any atom is 0.233 e. The maximum atomic E-state index is 12.8. The van der Waals surface area contributed by atoms with E-state index in [0.717, 1.165) is 13.1 Å². The van der Waals surface area contributed by atoms with Crippen LogP contribution in [0.4, 0.5) is 11.4 Å². The minimum atomic E-state index is -3.36. The van der Waals surface area contributed by atoms with Gasteiger partial charge in [-0.3, -0.25) is 9.52 Å². The number of rotatable bonds is 8. The van der Waals surface area contributed by atoms with Crippen molar-refractivity contribution in [1.29, 1.82) is 0 Å². The van der Waals surface area contributed by atoms with Gasteiger partial charge in [-0.1, -0.05) is 13.0 Å². The fourth-order valence-corrected chi connectivity index (χ4v) is 4.17. The number of piperidine rings is 1. The van der Waals surface area contributed by atoms with Gasteiger partial charge in [0.05, 0.1) is 23.5 Å². The monoisotopic (exact) mass is 369 g/mol. The molecule has 0 aliphatic carbocycles. The summed E-state index contributed by atoms with van der Waals surface area (Å²) in [6, 6.07) is 6.76. The second kappa shape index (κ2) is 8.64. The van der Waals surface area contributed by atoms with Crippen molar-refractivity contribution in [1.82, 2.24) is 5.32 Å². The number of nitrogens with one attached hydrogen (secondary N) is 3. The van der Waals surface area contributed by atoms with Crippen LogP contribution in [-0.2, 0) is 19.6 Å². The lowest BCUT2D eigenvalue weighted by Gasteiger charge is -2.35. The number of methoxy groups -OCH3 is 1. The van der Waals surface area contributed by atoms with Gasteiger partial charge in [0.15, 0.2) is 0 Å². The first-order valence-corrected chi connectivity index (χ1v) is 10.2. The third-order valence-electron chi connectivity index (χ3n) is 4.33. The zero-order valence-corrected chi connectivity index (χ0v) is 15.6. The summed E-state index contributed by atoms with van der Waals surface area (Å²) in [7, 11) is -1.76. The van der Waals surface area contributed by atoms with Crippen LogP contribution in [0.2, 0.25) is 0 Å². The van der Waals surface area contributed by atoms with Crippen LogP contribution in [0, 0.1) is 5.41 Å². The second-order valence-corrected chi connectivity index (χ2v) is 8.26. The number of anilines is 2. The molecule has 1 aromatic rings. The van der Waals surface area contributed by atoms with E-state index in [0.29, 0.717) is 37.2 Å². The lowest BCUT2D eigenvalue weighted by atomic mass is 9.78. The molecule has 1 aromatic carbocycles. The van der Waals surface area contributed by atoms with E-state index in [2.05, 4.69) is 15.4 Å². The summed E-state index contributed by atoms with van der Waals surface area (Å²) in [5, 5.41) is 6.17. The first kappa shape index (κ1) is 19.7. The molecule has 1 aliphatic rings. The van der Waals surface area contributed by atoms with Crippen molar-refractivity contribution in [2.24, 2.45) is 5.41 Å². The van der Waals surface area contributed by atoms with E-state index in [1.165, 1.54) is 0 Å². The number of hydrogen-bond donors (Lipinski definition) is 3. The molecular weight excluding hydrogens is 342 g/mol. The molecule has 0 aromatic heterocycles. The Bertz CT molecular complexity index is 679. The molecule has 1 heterocycles. The fourth-order valence-electron chi connectivity index (χ4n) is 3.04. The number of ether oxygens (including phenoxy) is 1. The van der Waals surface area contributed by atoms with Gasteiger partial charge in [-0.05, 0) is 50.6 Å². The van der Waals surface area contributed by atoms with Gasteiger partial charge in [0.1, 0.15) is 0 Å². The Morgan fingerprint density at radius 2 is 1.96 bits per heavy atom. The number of carbonyl (C=O) groups is 1. The number of carbonyl (C=O) groups excluding carboxylic acids is 1. The van der Waals surface area contributed by atoms with Crippen LogP contribution in [0.3, 0.4) is 0 Å². The van der Waals surface area contributed by atoms with Gasteiger partial charge >= 0.3 is 0 Å². The molecule has 0 bridgehead atoms. The predicted octanol–water partition coefficient (Wildman–Crippen LogP) is 1.79. The topological polar surface area (TPSA) is 96.5 Å². The molecule has 0 spiro atoms. The molecular formula is C17H27N3O4S. The molecule has 7 nitrogen and oxygen atoms in total. The number of sulfonamides is 1. The average molecular weight is 369 g/mol. The molecule has 0 radical (unpaired) electrons. The summed E-state index contributed by atoms with van der Waals surface area (Å²) in [5.74, 6) is -0.0301. The van der Waals surface area contributed by atoms with E-state index in [1.54, 1.807) is 31.4 Å². The van der Waals surface area contributed by atoms with E-state index >= 15 is 0 Å². The molecule has 0 unspecified atom stereocenters. The lowest BCUT2D eigenvalue weighted by molar-refractivity contribution is -0.130. The van der Waals surface area contributed by atoms with Crippen molar-refractivity contribution in [2.75, 3.05) is 42.6 Å². The van der Waals surface area contributed by atoms with Crippen LogP contribution >= 0.6 is 0 Å². The summed E-state index contributed by atoms with van der Waals surface area (Å²) in [4.78, 5) is 12.8. The standard InChI is InChI=1S/C17H27N3O4S/c1-3-11-25(22,23)20-15-6-4-5-14(12-15)19-16(21)17(13-24-2)7-9-18-10-8-17/h4-6,12,18,20H,3,7-11,13H2,1-2H3,(H,19,21). The molecule has 25 heavy (non-hydrogen) atoms. The number of amides is 1. The normalized spacial score (nSPS) is 17.0. The van der Waals surface area contributed by atoms with Gasteiger partial charge in [-0.15, -0.1) is 0 Å². The molecule has 3 N–H and O–H groups in total. The van der Waals surface area contributed by atoms with Crippen LogP contribution in [0.15, 0.2) is 24.3 Å². The predicted molar refractivity (Wildman–Crippen MR) is 99.2 cm³/mol. The van der Waals surface area contributed by atoms with Gasteiger partial charge in [0.25, 0.3) is 0 Å². The molecule has 1 saturated heterocycles. The summed E-state index contributed by atoms with van der Waals surface area (Å²) in [6.45, 7) is 3.72. The Balaban J connectivity index is 2.11. The Labute approximate surface area is 149 Å². The lowest BCUT2D eigenvalue weighted by Crippen LogP contribution is -2.47. The number of hydrogen-bond acceptors (Lipinski definition) is 5. The van der Waals surface area contributed by atoms with Crippen molar-refractivity contribution in [3.63, 3.8) is 0 Å². The molecule has 1 amide bonds. The maximum absolute atomic E-state index is 12.8. The SMILES string of the molecule is CCCS(=O)(=O)Nc1cccc(NC(=O)C2(COC)CCNCC2)c1. The van der Waals surface area contributed by atoms with Crippen LogP contribution in [0.1, 0.15) is 26.2 Å². The van der Waals surface area contributed by atoms with Gasteiger partial charge in [0, 0.05) is 12.8 Å². The van der Waals surface area contributed by atoms with E-state index in [1.807, 2.05) is 6.92 Å². The van der Waals surface area contributed by atoms with Crippen LogP contribution < -0.4 is 15.4 Å². The van der Waals surface area contributed by atoms with Crippen LogP contribution in [-0.4, -0.2) is 46.9 Å². The smallest absolute Gasteiger partial charge is 0.233 e. The van der Waals surface area contributed by atoms with E-state index < -0.39 is 15.4 Å². The first-order chi connectivity index (χ1) is 11.9. The highest BCUT2D eigenvalue weighted by Crippen LogP contribution is 2.31. The Kier molecular flexibility index (Phi) is 6.80. The number of benzene rings is 1. The summed E-state index contributed by atoms with van der Waals surface area (Å²) < 4.78 is 31.6. The van der Waals surface area contributed by atoms with Gasteiger partial charge in [-0.2, -0.15) is 0 Å². The van der Waals surface area contributed by atoms with E-state index in [-0.39, 0.29) is 11.7 Å². The zero-order chi connectivity index (χ0) is 18.3. The molecule has 0 saturated carbocycles. The van der Waals surface area contributed by atoms with E-state index in [9.17, 15) is 13.2 Å². The van der Waals surface area contributed by atoms with Gasteiger partial charge in [-0.25, -0.2) is 8.42 Å². The largest absolute Gasteiger partial charge is 0.384 e. The Morgan fingerprint density at radius 1 is 1.28 bits per heavy atom. The zero-order valence-electron chi connectivity index (χ0n) is 14.8. The quantitative estimate of drug-likeness (QED) is 0.649. The minimum absolute atomic E-state index is 0.0630. The van der Waals surface area contributed by atoms with E-state index in [4.69, 9.17) is 4.74 Å². The summed E-state index contributed by atoms with van der Waals surface area (Å²) >= 11 is 0. The second-order valence-electron chi connectivity index (χ2n) is 6.42. The summed E-state index contributed by atoms with van der Waals surface area (Å²) in [6.07, 6.45) is 1.95. The highest BCUT2D eigenvalue weighted by molar-refractivity contribution is 7.92. The van der Waals surface area contributed by atoms with Gasteiger partial charge < -0.3 is 15.4 Å². The third-order valence-corrected chi connectivity index (χ3v) is 5.82. The molecule has 0 atom stereocenters. The highest BCUT2D eigenvalue weighted by Gasteiger charge is 2.39. The van der Waals surface area contributed by atoms with Crippen molar-refractivity contribution < 1.29 is 17.9 Å². The fraction of sp³-hybridized carbons (Fsp3) is 0.588. The summed E-state index contributed by atoms with van der Waals surface area (Å²) in [5.41, 5.74) is 0.450. The van der Waals surface area contributed by atoms with Gasteiger partial charge in [0.2, 0.25) is 15.9 Å². The van der Waals surface area contributed by atoms with Crippen molar-refractivity contribution in [3.05, 3.63) is 24.3 Å². The first-order valence-electron chi connectivity index (χ1n) is 8.52. The molecule has 2 rings (SSSR count). The van der Waals surface area contributed by atoms with Crippen molar-refractivity contribution >= 4 is 27.3 Å². The minimum Gasteiger partial charge on any atom is -0.384 e. The third kappa shape index (κ3) is 5.42. The molecule has 1 fully saturated rings. The molecule has 1 aliphatic heterocycles. The van der Waals surface area contributed by atoms with Crippen molar-refractivity contribution in [3.8, 4) is 0 Å². The highest BCUT2D eigenvalue weighted by atomic mass is 32.2. The van der Waals surface area contributed by atoms with Crippen LogP contribution in [0.5, 0.6) is 0 Å². The van der Waals surface area contributed by atoms with Crippen LogP contribution in [0.25, 0.3) is 0 Å². The Hall–Kier alpha value is -1.64. The molecule has 8 heteroatoms. The average Bonchev–Trinajstić information content (AvgIpc) is 2.55.